The fourth-order valence-electron chi connectivity index (χ4n) is 1.60. The molecule has 0 fully saturated rings. The van der Waals surface area contributed by atoms with Crippen LogP contribution in [0.3, 0.4) is 0 Å². The molecule has 3 heteroatoms. The van der Waals surface area contributed by atoms with Crippen LogP contribution in [0, 0.1) is 0 Å². The normalized spacial score (nSPS) is 11.2. The maximum atomic E-state index is 11.2. The smallest absolute Gasteiger partial charge is 0.333 e. The fraction of sp³-hybridized carbons (Fsp3) is 0.750. The molecule has 0 radical (unpaired) electrons. The third kappa shape index (κ3) is 4.47. The average Bonchev–Trinajstić information content (AvgIpc) is 2.24. The van der Waals surface area contributed by atoms with Crippen molar-refractivity contribution < 1.29 is 14.0 Å². The van der Waals surface area contributed by atoms with Crippen LogP contribution >= 0.6 is 0 Å². The summed E-state index contributed by atoms with van der Waals surface area (Å²) in [4.78, 5) is 11.2. The minimum Gasteiger partial charge on any atom is -0.456 e. The molecule has 0 aromatic heterocycles. The highest BCUT2D eigenvalue weighted by Gasteiger charge is 2.20. The molecule has 3 nitrogen and oxygen atoms in total. The molecule has 0 aliphatic carbocycles. The van der Waals surface area contributed by atoms with Gasteiger partial charge in [-0.05, 0) is 27.7 Å². The molecule has 0 aromatic rings. The lowest BCUT2D eigenvalue weighted by atomic mass is 10.3. The van der Waals surface area contributed by atoms with Gasteiger partial charge in [0, 0.05) is 5.57 Å². The Hall–Kier alpha value is -0.830. The summed E-state index contributed by atoms with van der Waals surface area (Å²) in [6, 6.07) is 0. The molecular formula is C12H24NO2+. The highest BCUT2D eigenvalue weighted by molar-refractivity contribution is 5.86. The van der Waals surface area contributed by atoms with Crippen LogP contribution in [-0.2, 0) is 9.53 Å². The van der Waals surface area contributed by atoms with Crippen LogP contribution in [0.5, 0.6) is 0 Å². The summed E-state index contributed by atoms with van der Waals surface area (Å²) in [5.41, 5.74) is 0.470. The van der Waals surface area contributed by atoms with Crippen molar-refractivity contribution >= 4 is 5.97 Å². The van der Waals surface area contributed by atoms with E-state index in [1.54, 1.807) is 6.92 Å². The number of likely N-dealkylation sites (N-methyl/N-ethyl adjacent to an activating group) is 1. The lowest BCUT2D eigenvalue weighted by molar-refractivity contribution is -0.923. The molecule has 0 saturated heterocycles. The van der Waals surface area contributed by atoms with Crippen molar-refractivity contribution in [3.8, 4) is 0 Å². The van der Waals surface area contributed by atoms with Crippen molar-refractivity contribution in [2.24, 2.45) is 0 Å². The standard InChI is InChI=1S/C12H24NO2/c1-6-13(7-2,8-3)9-10-15-12(14)11(4)5/h4,6-10H2,1-3,5H3/q+1. The van der Waals surface area contributed by atoms with E-state index in [2.05, 4.69) is 27.4 Å². The number of ether oxygens (including phenoxy) is 1. The second-order valence-electron chi connectivity index (χ2n) is 3.93. The number of hydrogen-bond donors (Lipinski definition) is 0. The second-order valence-corrected chi connectivity index (χ2v) is 3.93. The molecule has 0 unspecified atom stereocenters. The van der Waals surface area contributed by atoms with Crippen LogP contribution in [0.2, 0.25) is 0 Å². The first kappa shape index (κ1) is 14.2. The third-order valence-corrected chi connectivity index (χ3v) is 3.16. The highest BCUT2D eigenvalue weighted by Crippen LogP contribution is 2.05. The van der Waals surface area contributed by atoms with Crippen molar-refractivity contribution in [1.82, 2.24) is 0 Å². The minimum absolute atomic E-state index is 0.281. The van der Waals surface area contributed by atoms with Gasteiger partial charge in [-0.25, -0.2) is 4.79 Å². The number of esters is 1. The van der Waals surface area contributed by atoms with E-state index < -0.39 is 0 Å². The van der Waals surface area contributed by atoms with E-state index in [4.69, 9.17) is 4.74 Å². The van der Waals surface area contributed by atoms with Crippen molar-refractivity contribution in [3.63, 3.8) is 0 Å². The van der Waals surface area contributed by atoms with Gasteiger partial charge < -0.3 is 9.22 Å². The maximum Gasteiger partial charge on any atom is 0.333 e. The van der Waals surface area contributed by atoms with Crippen molar-refractivity contribution in [2.75, 3.05) is 32.8 Å². The van der Waals surface area contributed by atoms with E-state index in [-0.39, 0.29) is 5.97 Å². The number of carbonyl (C=O) groups is 1. The van der Waals surface area contributed by atoms with Gasteiger partial charge in [0.2, 0.25) is 0 Å². The van der Waals surface area contributed by atoms with Crippen LogP contribution in [-0.4, -0.2) is 43.2 Å². The Balaban J connectivity index is 4.02. The lowest BCUT2D eigenvalue weighted by Crippen LogP contribution is -2.49. The zero-order valence-corrected chi connectivity index (χ0v) is 10.5. The van der Waals surface area contributed by atoms with Gasteiger partial charge in [-0.2, -0.15) is 0 Å². The van der Waals surface area contributed by atoms with Crippen molar-refractivity contribution in [2.45, 2.75) is 27.7 Å². The van der Waals surface area contributed by atoms with E-state index in [0.29, 0.717) is 12.2 Å². The first-order chi connectivity index (χ1) is 7.01. The Kier molecular flexibility index (Phi) is 6.25. The Morgan fingerprint density at radius 1 is 1.20 bits per heavy atom. The number of carbonyl (C=O) groups excluding carboxylic acids is 1. The molecule has 15 heavy (non-hydrogen) atoms. The monoisotopic (exact) mass is 214 g/mol. The van der Waals surface area contributed by atoms with Crippen LogP contribution in [0.25, 0.3) is 0 Å². The van der Waals surface area contributed by atoms with Gasteiger partial charge in [-0.3, -0.25) is 0 Å². The third-order valence-electron chi connectivity index (χ3n) is 3.16. The van der Waals surface area contributed by atoms with E-state index in [9.17, 15) is 4.79 Å². The number of rotatable bonds is 7. The Morgan fingerprint density at radius 3 is 2.00 bits per heavy atom. The Labute approximate surface area is 93.3 Å². The van der Waals surface area contributed by atoms with Gasteiger partial charge in [-0.15, -0.1) is 0 Å². The summed E-state index contributed by atoms with van der Waals surface area (Å²) >= 11 is 0. The molecule has 0 aromatic carbocycles. The molecule has 0 saturated carbocycles. The number of nitrogens with zero attached hydrogens (tertiary/aromatic N) is 1. The molecular weight excluding hydrogens is 190 g/mol. The quantitative estimate of drug-likeness (QED) is 0.368. The molecule has 0 heterocycles. The van der Waals surface area contributed by atoms with Gasteiger partial charge in [0.1, 0.15) is 13.2 Å². The van der Waals surface area contributed by atoms with Crippen LogP contribution in [0.1, 0.15) is 27.7 Å². The molecule has 0 amide bonds. The van der Waals surface area contributed by atoms with Gasteiger partial charge in [-0.1, -0.05) is 6.58 Å². The summed E-state index contributed by atoms with van der Waals surface area (Å²) in [7, 11) is 0. The zero-order valence-electron chi connectivity index (χ0n) is 10.5. The first-order valence-corrected chi connectivity index (χ1v) is 5.69. The SMILES string of the molecule is C=C(C)C(=O)OCC[N+](CC)(CC)CC. The minimum atomic E-state index is -0.281. The van der Waals surface area contributed by atoms with Crippen LogP contribution < -0.4 is 0 Å². The molecule has 0 atom stereocenters. The summed E-state index contributed by atoms with van der Waals surface area (Å²) in [6.45, 7) is 16.4. The van der Waals surface area contributed by atoms with Gasteiger partial charge in [0.05, 0.1) is 19.6 Å². The summed E-state index contributed by atoms with van der Waals surface area (Å²) in [5.74, 6) is -0.281. The van der Waals surface area contributed by atoms with Gasteiger partial charge in [0.15, 0.2) is 0 Å². The predicted octanol–water partition coefficient (Wildman–Crippen LogP) is 1.98. The largest absolute Gasteiger partial charge is 0.456 e. The maximum absolute atomic E-state index is 11.2. The molecule has 0 rings (SSSR count). The summed E-state index contributed by atoms with van der Waals surface area (Å²) < 4.78 is 6.11. The van der Waals surface area contributed by atoms with E-state index in [1.165, 1.54) is 0 Å². The second kappa shape index (κ2) is 6.62. The van der Waals surface area contributed by atoms with Crippen LogP contribution in [0.4, 0.5) is 0 Å². The van der Waals surface area contributed by atoms with E-state index in [0.717, 1.165) is 30.7 Å². The zero-order chi connectivity index (χ0) is 11.9. The highest BCUT2D eigenvalue weighted by atomic mass is 16.5. The molecule has 88 valence electrons. The average molecular weight is 214 g/mol. The van der Waals surface area contributed by atoms with Crippen molar-refractivity contribution in [1.29, 1.82) is 0 Å². The van der Waals surface area contributed by atoms with Gasteiger partial charge in [0.25, 0.3) is 0 Å². The molecule has 0 aliphatic rings. The molecule has 0 spiro atoms. The summed E-state index contributed by atoms with van der Waals surface area (Å²) in [5, 5.41) is 0. The first-order valence-electron chi connectivity index (χ1n) is 5.69. The topological polar surface area (TPSA) is 26.3 Å². The van der Waals surface area contributed by atoms with Gasteiger partial charge >= 0.3 is 5.97 Å². The lowest BCUT2D eigenvalue weighted by Gasteiger charge is -2.35. The predicted molar refractivity (Wildman–Crippen MR) is 62.5 cm³/mol. The molecule has 0 bridgehead atoms. The van der Waals surface area contributed by atoms with Crippen molar-refractivity contribution in [3.05, 3.63) is 12.2 Å². The number of quaternary nitrogens is 1. The van der Waals surface area contributed by atoms with Crippen LogP contribution in [0.15, 0.2) is 12.2 Å². The van der Waals surface area contributed by atoms with E-state index >= 15 is 0 Å². The molecule has 0 N–H and O–H groups in total. The fourth-order valence-corrected chi connectivity index (χ4v) is 1.60. The number of hydrogen-bond acceptors (Lipinski definition) is 2. The Morgan fingerprint density at radius 2 is 1.67 bits per heavy atom. The molecule has 0 aliphatic heterocycles. The summed E-state index contributed by atoms with van der Waals surface area (Å²) in [6.07, 6.45) is 0. The van der Waals surface area contributed by atoms with E-state index in [1.807, 2.05) is 0 Å². The Bertz CT molecular complexity index is 211.